The highest BCUT2D eigenvalue weighted by molar-refractivity contribution is 5.97. The fourth-order valence-corrected chi connectivity index (χ4v) is 2.97. The van der Waals surface area contributed by atoms with E-state index in [0.717, 1.165) is 16.5 Å². The van der Waals surface area contributed by atoms with Gasteiger partial charge in [0.05, 0.1) is 6.61 Å². The van der Waals surface area contributed by atoms with E-state index < -0.39 is 17.8 Å². The second-order valence-electron chi connectivity index (χ2n) is 6.38. The van der Waals surface area contributed by atoms with Gasteiger partial charge in [0.25, 0.3) is 5.91 Å². The molecule has 1 heterocycles. The van der Waals surface area contributed by atoms with Crippen molar-refractivity contribution in [2.45, 2.75) is 12.5 Å². The van der Waals surface area contributed by atoms with E-state index in [2.05, 4.69) is 15.6 Å². The third-order valence-corrected chi connectivity index (χ3v) is 4.43. The van der Waals surface area contributed by atoms with Crippen molar-refractivity contribution in [1.82, 2.24) is 15.6 Å². The third-order valence-electron chi connectivity index (χ3n) is 4.43. The Morgan fingerprint density at radius 3 is 2.64 bits per heavy atom. The number of ether oxygens (including phenoxy) is 1. The van der Waals surface area contributed by atoms with E-state index in [0.29, 0.717) is 19.6 Å². The SMILES string of the molecule is COCCNC(=O)C(Cc1c[nH]c2ccccc12)NC(=O)c1ccc(F)cc1. The van der Waals surface area contributed by atoms with Crippen LogP contribution in [-0.4, -0.2) is 43.1 Å². The summed E-state index contributed by atoms with van der Waals surface area (Å²) in [5.74, 6) is -1.17. The predicted octanol–water partition coefficient (Wildman–Crippen LogP) is 2.41. The van der Waals surface area contributed by atoms with Crippen molar-refractivity contribution in [1.29, 1.82) is 0 Å². The van der Waals surface area contributed by atoms with Crippen molar-refractivity contribution in [2.24, 2.45) is 0 Å². The molecule has 3 N–H and O–H groups in total. The number of para-hydroxylation sites is 1. The molecule has 0 saturated carbocycles. The normalized spacial score (nSPS) is 11.9. The number of methoxy groups -OCH3 is 1. The molecule has 0 spiro atoms. The van der Waals surface area contributed by atoms with E-state index in [9.17, 15) is 14.0 Å². The van der Waals surface area contributed by atoms with Crippen molar-refractivity contribution in [2.75, 3.05) is 20.3 Å². The molecule has 0 saturated heterocycles. The van der Waals surface area contributed by atoms with E-state index in [-0.39, 0.29) is 11.5 Å². The zero-order valence-corrected chi connectivity index (χ0v) is 15.5. The quantitative estimate of drug-likeness (QED) is 0.523. The van der Waals surface area contributed by atoms with Gasteiger partial charge in [-0.3, -0.25) is 9.59 Å². The first-order valence-electron chi connectivity index (χ1n) is 8.96. The van der Waals surface area contributed by atoms with Crippen LogP contribution in [0.5, 0.6) is 0 Å². The molecule has 146 valence electrons. The van der Waals surface area contributed by atoms with Crippen molar-refractivity contribution < 1.29 is 18.7 Å². The second kappa shape index (κ2) is 9.14. The lowest BCUT2D eigenvalue weighted by Crippen LogP contribution is -2.48. The number of hydrogen-bond acceptors (Lipinski definition) is 3. The van der Waals surface area contributed by atoms with E-state index in [4.69, 9.17) is 4.74 Å². The molecule has 1 atom stereocenters. The molecule has 2 aromatic carbocycles. The highest BCUT2D eigenvalue weighted by atomic mass is 19.1. The van der Waals surface area contributed by atoms with Crippen molar-refractivity contribution in [3.8, 4) is 0 Å². The van der Waals surface area contributed by atoms with Gasteiger partial charge < -0.3 is 20.4 Å². The lowest BCUT2D eigenvalue weighted by Gasteiger charge is -2.18. The Morgan fingerprint density at radius 1 is 1.14 bits per heavy atom. The molecular weight excluding hydrogens is 361 g/mol. The summed E-state index contributed by atoms with van der Waals surface area (Å²) < 4.78 is 18.1. The molecule has 0 aliphatic carbocycles. The molecule has 0 fully saturated rings. The van der Waals surface area contributed by atoms with Gasteiger partial charge in [-0.15, -0.1) is 0 Å². The van der Waals surface area contributed by atoms with E-state index >= 15 is 0 Å². The zero-order chi connectivity index (χ0) is 19.9. The molecule has 1 aromatic heterocycles. The van der Waals surface area contributed by atoms with Crippen molar-refractivity contribution >= 4 is 22.7 Å². The second-order valence-corrected chi connectivity index (χ2v) is 6.38. The third kappa shape index (κ3) is 4.75. The van der Waals surface area contributed by atoms with Crippen LogP contribution in [0.1, 0.15) is 15.9 Å². The summed E-state index contributed by atoms with van der Waals surface area (Å²) in [7, 11) is 1.55. The summed E-state index contributed by atoms with van der Waals surface area (Å²) in [6, 6.07) is 12.2. The number of benzene rings is 2. The lowest BCUT2D eigenvalue weighted by molar-refractivity contribution is -0.123. The van der Waals surface area contributed by atoms with Crippen molar-refractivity contribution in [3.05, 3.63) is 71.7 Å². The van der Waals surface area contributed by atoms with Gasteiger partial charge in [0.15, 0.2) is 0 Å². The predicted molar refractivity (Wildman–Crippen MR) is 105 cm³/mol. The number of rotatable bonds is 8. The van der Waals surface area contributed by atoms with Gasteiger partial charge in [-0.05, 0) is 35.9 Å². The van der Waals surface area contributed by atoms with E-state index in [1.807, 2.05) is 30.5 Å². The minimum atomic E-state index is -0.784. The van der Waals surface area contributed by atoms with Crippen LogP contribution in [0.15, 0.2) is 54.7 Å². The van der Waals surface area contributed by atoms with E-state index in [1.54, 1.807) is 7.11 Å². The van der Waals surface area contributed by atoms with Crippen LogP contribution < -0.4 is 10.6 Å². The first kappa shape index (κ1) is 19.6. The van der Waals surface area contributed by atoms with Crippen LogP contribution >= 0.6 is 0 Å². The summed E-state index contributed by atoms with van der Waals surface area (Å²) in [6.07, 6.45) is 2.15. The molecule has 0 bridgehead atoms. The molecule has 7 heteroatoms. The fourth-order valence-electron chi connectivity index (χ4n) is 2.97. The topological polar surface area (TPSA) is 83.2 Å². The van der Waals surface area contributed by atoms with Gasteiger partial charge in [0.2, 0.25) is 5.91 Å². The average molecular weight is 383 g/mol. The zero-order valence-electron chi connectivity index (χ0n) is 15.5. The number of carbonyl (C=O) groups excluding carboxylic acids is 2. The summed E-state index contributed by atoms with van der Waals surface area (Å²) in [6.45, 7) is 0.712. The Balaban J connectivity index is 1.79. The van der Waals surface area contributed by atoms with Gasteiger partial charge in [-0.25, -0.2) is 4.39 Å². The largest absolute Gasteiger partial charge is 0.383 e. The first-order valence-corrected chi connectivity index (χ1v) is 8.96. The summed E-state index contributed by atoms with van der Waals surface area (Å²) in [5, 5.41) is 6.51. The van der Waals surface area contributed by atoms with Gasteiger partial charge in [-0.1, -0.05) is 18.2 Å². The number of fused-ring (bicyclic) bond motifs is 1. The molecule has 28 heavy (non-hydrogen) atoms. The molecule has 1 unspecified atom stereocenters. The average Bonchev–Trinajstić information content (AvgIpc) is 3.11. The van der Waals surface area contributed by atoms with Crippen LogP contribution in [-0.2, 0) is 16.0 Å². The Labute approximate surface area is 162 Å². The van der Waals surface area contributed by atoms with Crippen LogP contribution in [0.25, 0.3) is 10.9 Å². The number of H-pyrrole nitrogens is 1. The highest BCUT2D eigenvalue weighted by Crippen LogP contribution is 2.19. The molecule has 0 aliphatic rings. The number of nitrogens with one attached hydrogen (secondary N) is 3. The first-order chi connectivity index (χ1) is 13.6. The molecule has 3 rings (SSSR count). The summed E-state index contributed by atoms with van der Waals surface area (Å²) >= 11 is 0. The van der Waals surface area contributed by atoms with Crippen LogP contribution in [0.3, 0.4) is 0 Å². The Kier molecular flexibility index (Phi) is 6.39. The summed E-state index contributed by atoms with van der Waals surface area (Å²) in [4.78, 5) is 28.4. The number of amides is 2. The minimum absolute atomic E-state index is 0.287. The number of halogens is 1. The standard InChI is InChI=1S/C21H22FN3O3/c1-28-11-10-23-21(27)19(25-20(26)14-6-8-16(22)9-7-14)12-15-13-24-18-5-3-2-4-17(15)18/h2-9,13,19,24H,10-12H2,1H3,(H,23,27)(H,25,26). The number of aromatic nitrogens is 1. The molecule has 3 aromatic rings. The number of hydrogen-bond donors (Lipinski definition) is 3. The summed E-state index contributed by atoms with van der Waals surface area (Å²) in [5.41, 5.74) is 2.16. The minimum Gasteiger partial charge on any atom is -0.383 e. The maximum absolute atomic E-state index is 13.1. The van der Waals surface area contributed by atoms with Gasteiger partial charge in [0, 0.05) is 42.7 Å². The Morgan fingerprint density at radius 2 is 1.89 bits per heavy atom. The Hall–Kier alpha value is -3.19. The maximum atomic E-state index is 13.1. The number of carbonyl (C=O) groups is 2. The van der Waals surface area contributed by atoms with E-state index in [1.165, 1.54) is 24.3 Å². The fraction of sp³-hybridized carbons (Fsp3) is 0.238. The smallest absolute Gasteiger partial charge is 0.251 e. The highest BCUT2D eigenvalue weighted by Gasteiger charge is 2.23. The van der Waals surface area contributed by atoms with Crippen LogP contribution in [0.4, 0.5) is 4.39 Å². The maximum Gasteiger partial charge on any atom is 0.251 e. The molecule has 6 nitrogen and oxygen atoms in total. The molecule has 0 aliphatic heterocycles. The van der Waals surface area contributed by atoms with Crippen LogP contribution in [0, 0.1) is 5.82 Å². The number of aromatic amines is 1. The van der Waals surface area contributed by atoms with Crippen molar-refractivity contribution in [3.63, 3.8) is 0 Å². The lowest BCUT2D eigenvalue weighted by atomic mass is 10.0. The molecule has 2 amide bonds. The van der Waals surface area contributed by atoms with Gasteiger partial charge >= 0.3 is 0 Å². The monoisotopic (exact) mass is 383 g/mol. The van der Waals surface area contributed by atoms with Crippen LogP contribution in [0.2, 0.25) is 0 Å². The van der Waals surface area contributed by atoms with Gasteiger partial charge in [-0.2, -0.15) is 0 Å². The van der Waals surface area contributed by atoms with Gasteiger partial charge in [0.1, 0.15) is 11.9 Å². The molecule has 0 radical (unpaired) electrons. The Bertz CT molecular complexity index is 953. The molecular formula is C21H22FN3O3.